The Morgan fingerprint density at radius 2 is 2.06 bits per heavy atom. The first-order chi connectivity index (χ1) is 8.06. The van der Waals surface area contributed by atoms with Crippen LogP contribution in [-0.2, 0) is 7.05 Å². The Kier molecular flexibility index (Phi) is 3.14. The Morgan fingerprint density at radius 3 is 2.65 bits per heavy atom. The highest BCUT2D eigenvalue weighted by atomic mass is 32.2. The normalized spacial score (nSPS) is 10.5. The largest absolute Gasteiger partial charge is 0.368 e. The predicted octanol–water partition coefficient (Wildman–Crippen LogP) is 0.404. The molecule has 0 spiro atoms. The lowest BCUT2D eigenvalue weighted by Gasteiger charge is -2.10. The predicted molar refractivity (Wildman–Crippen MR) is 65.9 cm³/mol. The van der Waals surface area contributed by atoms with E-state index in [4.69, 9.17) is 5.73 Å². The molecule has 90 valence electrons. The molecular formula is C9H13N7S. The van der Waals surface area contributed by atoms with Crippen LogP contribution < -0.4 is 10.6 Å². The van der Waals surface area contributed by atoms with Crippen LogP contribution in [-0.4, -0.2) is 38.6 Å². The van der Waals surface area contributed by atoms with Gasteiger partial charge in [-0.3, -0.25) is 0 Å². The van der Waals surface area contributed by atoms with Crippen LogP contribution in [0.4, 0.5) is 11.9 Å². The van der Waals surface area contributed by atoms with E-state index in [0.29, 0.717) is 11.1 Å². The summed E-state index contributed by atoms with van der Waals surface area (Å²) in [5, 5.41) is 1.34. The summed E-state index contributed by atoms with van der Waals surface area (Å²) >= 11 is 1.35. The van der Waals surface area contributed by atoms with Crippen molar-refractivity contribution in [1.82, 2.24) is 24.5 Å². The van der Waals surface area contributed by atoms with E-state index in [0.717, 1.165) is 5.16 Å². The maximum absolute atomic E-state index is 5.63. The molecule has 0 amide bonds. The highest BCUT2D eigenvalue weighted by Gasteiger charge is 2.09. The van der Waals surface area contributed by atoms with E-state index in [1.807, 2.05) is 31.9 Å². The zero-order valence-corrected chi connectivity index (χ0v) is 10.6. The van der Waals surface area contributed by atoms with Gasteiger partial charge in [-0.2, -0.15) is 15.0 Å². The van der Waals surface area contributed by atoms with Gasteiger partial charge in [0.25, 0.3) is 0 Å². The lowest BCUT2D eigenvalue weighted by molar-refractivity contribution is 0.783. The van der Waals surface area contributed by atoms with Gasteiger partial charge in [-0.1, -0.05) is 0 Å². The van der Waals surface area contributed by atoms with Gasteiger partial charge in [-0.15, -0.1) is 0 Å². The Bertz CT molecular complexity index is 522. The summed E-state index contributed by atoms with van der Waals surface area (Å²) in [6.45, 7) is 0. The van der Waals surface area contributed by atoms with Gasteiger partial charge in [-0.05, 0) is 11.8 Å². The zero-order valence-electron chi connectivity index (χ0n) is 9.82. The molecule has 0 aliphatic carbocycles. The quantitative estimate of drug-likeness (QED) is 0.845. The van der Waals surface area contributed by atoms with Crippen molar-refractivity contribution >= 4 is 23.7 Å². The van der Waals surface area contributed by atoms with E-state index in [9.17, 15) is 0 Å². The Labute approximate surface area is 103 Å². The monoisotopic (exact) mass is 251 g/mol. The summed E-state index contributed by atoms with van der Waals surface area (Å²) < 4.78 is 1.89. The molecule has 0 unspecified atom stereocenters. The maximum Gasteiger partial charge on any atom is 0.230 e. The van der Waals surface area contributed by atoms with Crippen molar-refractivity contribution in [3.63, 3.8) is 0 Å². The van der Waals surface area contributed by atoms with Crippen molar-refractivity contribution in [2.75, 3.05) is 24.7 Å². The molecule has 0 aromatic carbocycles. The third-order valence-electron chi connectivity index (χ3n) is 1.98. The van der Waals surface area contributed by atoms with E-state index < -0.39 is 0 Å². The highest BCUT2D eigenvalue weighted by molar-refractivity contribution is 7.99. The van der Waals surface area contributed by atoms with Crippen LogP contribution in [0.1, 0.15) is 0 Å². The van der Waals surface area contributed by atoms with Crippen molar-refractivity contribution in [3.8, 4) is 0 Å². The molecule has 7 nitrogen and oxygen atoms in total. The first kappa shape index (κ1) is 11.6. The van der Waals surface area contributed by atoms with Crippen molar-refractivity contribution in [1.29, 1.82) is 0 Å². The molecule has 0 saturated heterocycles. The van der Waals surface area contributed by atoms with Crippen molar-refractivity contribution in [2.45, 2.75) is 10.3 Å². The summed E-state index contributed by atoms with van der Waals surface area (Å²) in [5.41, 5.74) is 5.63. The third-order valence-corrected chi connectivity index (χ3v) is 2.92. The van der Waals surface area contributed by atoms with E-state index in [-0.39, 0.29) is 5.95 Å². The molecule has 0 aliphatic rings. The number of hydrogen-bond acceptors (Lipinski definition) is 7. The molecule has 17 heavy (non-hydrogen) atoms. The number of nitrogens with two attached hydrogens (primary N) is 1. The summed E-state index contributed by atoms with van der Waals surface area (Å²) in [4.78, 5) is 18.3. The molecule has 2 rings (SSSR count). The molecule has 0 bridgehead atoms. The van der Waals surface area contributed by atoms with E-state index in [1.165, 1.54) is 11.8 Å². The summed E-state index contributed by atoms with van der Waals surface area (Å²) in [6, 6.07) is 0. The number of nitrogen functional groups attached to an aromatic ring is 1. The molecule has 0 atom stereocenters. The molecule has 2 N–H and O–H groups in total. The molecule has 2 aromatic heterocycles. The van der Waals surface area contributed by atoms with Gasteiger partial charge in [0.2, 0.25) is 17.1 Å². The second kappa shape index (κ2) is 4.58. The average Bonchev–Trinajstić information content (AvgIpc) is 2.63. The van der Waals surface area contributed by atoms with E-state index in [1.54, 1.807) is 11.1 Å². The van der Waals surface area contributed by atoms with Crippen LogP contribution in [0, 0.1) is 0 Å². The topological polar surface area (TPSA) is 85.8 Å². The van der Waals surface area contributed by atoms with Crippen molar-refractivity contribution < 1.29 is 0 Å². The number of rotatable bonds is 3. The molecule has 0 aliphatic heterocycles. The van der Waals surface area contributed by atoms with Crippen LogP contribution in [0.15, 0.2) is 22.7 Å². The van der Waals surface area contributed by atoms with Crippen molar-refractivity contribution in [3.05, 3.63) is 12.4 Å². The van der Waals surface area contributed by atoms with Crippen LogP contribution in [0.3, 0.4) is 0 Å². The number of imidazole rings is 1. The van der Waals surface area contributed by atoms with Gasteiger partial charge in [-0.25, -0.2) is 4.98 Å². The number of aromatic nitrogens is 5. The Morgan fingerprint density at radius 1 is 1.29 bits per heavy atom. The van der Waals surface area contributed by atoms with Gasteiger partial charge in [0.05, 0.1) is 0 Å². The van der Waals surface area contributed by atoms with Gasteiger partial charge < -0.3 is 15.2 Å². The number of aryl methyl sites for hydroxylation is 1. The molecular weight excluding hydrogens is 238 g/mol. The van der Waals surface area contributed by atoms with Crippen LogP contribution in [0.25, 0.3) is 0 Å². The number of nitrogens with zero attached hydrogens (tertiary/aromatic N) is 6. The van der Waals surface area contributed by atoms with Crippen LogP contribution in [0.2, 0.25) is 0 Å². The third kappa shape index (κ3) is 2.64. The van der Waals surface area contributed by atoms with E-state index >= 15 is 0 Å². The summed E-state index contributed by atoms with van der Waals surface area (Å²) in [7, 11) is 5.61. The highest BCUT2D eigenvalue weighted by Crippen LogP contribution is 2.23. The summed E-state index contributed by atoms with van der Waals surface area (Å²) in [6.07, 6.45) is 3.58. The fourth-order valence-electron chi connectivity index (χ4n) is 1.14. The molecule has 0 radical (unpaired) electrons. The zero-order chi connectivity index (χ0) is 12.4. The second-order valence-electron chi connectivity index (χ2n) is 3.59. The lowest BCUT2D eigenvalue weighted by Crippen LogP contribution is -2.15. The second-order valence-corrected chi connectivity index (χ2v) is 4.53. The molecule has 8 heteroatoms. The average molecular weight is 251 g/mol. The standard InChI is InChI=1S/C9H13N7S/c1-15(2)7-12-6(10)13-8(14-7)17-9-11-4-5-16(9)3/h4-5H,1-3H3,(H2,10,12,13,14). The molecule has 2 heterocycles. The maximum atomic E-state index is 5.63. The van der Waals surface area contributed by atoms with Gasteiger partial charge >= 0.3 is 0 Å². The SMILES string of the molecule is CN(C)c1nc(N)nc(Sc2nccn2C)n1. The first-order valence-corrected chi connectivity index (χ1v) is 5.72. The first-order valence-electron chi connectivity index (χ1n) is 4.90. The Balaban J connectivity index is 2.30. The minimum Gasteiger partial charge on any atom is -0.368 e. The lowest BCUT2D eigenvalue weighted by atomic mass is 10.8. The van der Waals surface area contributed by atoms with Gasteiger partial charge in [0.15, 0.2) is 5.16 Å². The molecule has 2 aromatic rings. The molecule has 0 saturated carbocycles. The van der Waals surface area contributed by atoms with E-state index in [2.05, 4.69) is 19.9 Å². The fraction of sp³-hybridized carbons (Fsp3) is 0.333. The van der Waals surface area contributed by atoms with Gasteiger partial charge in [0.1, 0.15) is 0 Å². The van der Waals surface area contributed by atoms with Gasteiger partial charge in [0, 0.05) is 33.5 Å². The van der Waals surface area contributed by atoms with Crippen LogP contribution >= 0.6 is 11.8 Å². The number of hydrogen-bond donors (Lipinski definition) is 1. The number of anilines is 2. The van der Waals surface area contributed by atoms with Crippen LogP contribution in [0.5, 0.6) is 0 Å². The smallest absolute Gasteiger partial charge is 0.230 e. The Hall–Kier alpha value is -1.83. The minimum atomic E-state index is 0.209. The molecule has 0 fully saturated rings. The summed E-state index contributed by atoms with van der Waals surface area (Å²) in [5.74, 6) is 0.745. The fourth-order valence-corrected chi connectivity index (χ4v) is 1.89. The van der Waals surface area contributed by atoms with Crippen molar-refractivity contribution in [2.24, 2.45) is 7.05 Å². The minimum absolute atomic E-state index is 0.209.